The summed E-state index contributed by atoms with van der Waals surface area (Å²) in [5.74, 6) is 0. The molecule has 0 atom stereocenters. The van der Waals surface area contributed by atoms with Crippen LogP contribution < -0.4 is 10.4 Å². The standard InChI is InChI=1S/C5H6ClN3/c1-9-5(6)2-4(7)3-8-9/h2-3,7H,1H3/p+1. The first-order valence-corrected chi connectivity index (χ1v) is 2.85. The lowest BCUT2D eigenvalue weighted by Gasteiger charge is -1.88. The van der Waals surface area contributed by atoms with Gasteiger partial charge in [0.15, 0.2) is 7.05 Å². The molecule has 0 saturated heterocycles. The first-order valence-electron chi connectivity index (χ1n) is 2.47. The maximum atomic E-state index is 5.63. The molecule has 48 valence electrons. The summed E-state index contributed by atoms with van der Waals surface area (Å²) in [4.78, 5) is 0. The van der Waals surface area contributed by atoms with Crippen molar-refractivity contribution in [1.82, 2.24) is 5.10 Å². The highest BCUT2D eigenvalue weighted by molar-refractivity contribution is 6.28. The number of aryl methyl sites for hydroxylation is 1. The fraction of sp³-hybridized carbons (Fsp3) is 0.200. The van der Waals surface area contributed by atoms with Gasteiger partial charge in [-0.1, -0.05) is 4.68 Å². The number of anilines is 1. The molecule has 1 aromatic heterocycles. The zero-order valence-electron chi connectivity index (χ0n) is 5.00. The largest absolute Gasteiger partial charge is 0.397 e. The van der Waals surface area contributed by atoms with Crippen LogP contribution in [0.4, 0.5) is 5.69 Å². The van der Waals surface area contributed by atoms with E-state index < -0.39 is 0 Å². The van der Waals surface area contributed by atoms with Gasteiger partial charge in [0.2, 0.25) is 0 Å². The Morgan fingerprint density at radius 3 is 2.89 bits per heavy atom. The highest BCUT2D eigenvalue weighted by Crippen LogP contribution is 2.02. The van der Waals surface area contributed by atoms with Gasteiger partial charge in [-0.25, -0.2) is 0 Å². The lowest BCUT2D eigenvalue weighted by molar-refractivity contribution is -0.728. The van der Waals surface area contributed by atoms with Crippen molar-refractivity contribution in [3.63, 3.8) is 0 Å². The number of hydrogen-bond acceptors (Lipinski definition) is 2. The highest BCUT2D eigenvalue weighted by atomic mass is 35.5. The van der Waals surface area contributed by atoms with E-state index in [0.29, 0.717) is 10.8 Å². The molecule has 1 heterocycles. The van der Waals surface area contributed by atoms with Gasteiger partial charge in [0.25, 0.3) is 0 Å². The number of nitrogens with zero attached hydrogens (tertiary/aromatic N) is 2. The average molecular weight is 145 g/mol. The van der Waals surface area contributed by atoms with Gasteiger partial charge in [0, 0.05) is 6.07 Å². The van der Waals surface area contributed by atoms with E-state index in [1.54, 1.807) is 19.3 Å². The monoisotopic (exact) mass is 144 g/mol. The van der Waals surface area contributed by atoms with Gasteiger partial charge in [0.05, 0.1) is 5.69 Å². The Labute approximate surface area is 58.1 Å². The normalized spacial score (nSPS) is 9.56. The number of rotatable bonds is 0. The molecule has 0 bridgehead atoms. The van der Waals surface area contributed by atoms with Gasteiger partial charge in [-0.15, -0.1) is 0 Å². The molecule has 0 fully saturated rings. The molecule has 0 aliphatic carbocycles. The van der Waals surface area contributed by atoms with Crippen LogP contribution in [0.3, 0.4) is 0 Å². The third kappa shape index (κ3) is 1.29. The minimum Gasteiger partial charge on any atom is -0.397 e. The molecule has 0 aromatic carbocycles. The maximum Gasteiger partial charge on any atom is 0.302 e. The van der Waals surface area contributed by atoms with Gasteiger partial charge in [-0.05, 0) is 16.7 Å². The summed E-state index contributed by atoms with van der Waals surface area (Å²) in [6.45, 7) is 0. The van der Waals surface area contributed by atoms with Crippen molar-refractivity contribution in [3.8, 4) is 0 Å². The first-order chi connectivity index (χ1) is 4.20. The van der Waals surface area contributed by atoms with Crippen molar-refractivity contribution in [2.75, 3.05) is 5.73 Å². The van der Waals surface area contributed by atoms with Crippen LogP contribution in [0, 0.1) is 0 Å². The van der Waals surface area contributed by atoms with Crippen molar-refractivity contribution in [2.24, 2.45) is 7.05 Å². The minimum absolute atomic E-state index is 0.537. The third-order valence-electron chi connectivity index (χ3n) is 0.975. The Balaban J connectivity index is 3.17. The molecule has 0 spiro atoms. The smallest absolute Gasteiger partial charge is 0.302 e. The summed E-state index contributed by atoms with van der Waals surface area (Å²) in [6, 6.07) is 1.65. The van der Waals surface area contributed by atoms with Crippen LogP contribution in [0.1, 0.15) is 0 Å². The Kier molecular flexibility index (Phi) is 1.53. The minimum atomic E-state index is 0.537. The summed E-state index contributed by atoms with van der Waals surface area (Å²) in [7, 11) is 1.75. The zero-order valence-corrected chi connectivity index (χ0v) is 5.76. The van der Waals surface area contributed by atoms with Crippen molar-refractivity contribution in [2.45, 2.75) is 0 Å². The van der Waals surface area contributed by atoms with Crippen LogP contribution in [0.15, 0.2) is 12.3 Å². The Morgan fingerprint density at radius 2 is 2.44 bits per heavy atom. The molecule has 1 rings (SSSR count). The second kappa shape index (κ2) is 2.19. The van der Waals surface area contributed by atoms with Crippen molar-refractivity contribution >= 4 is 17.3 Å². The molecular weight excluding hydrogens is 138 g/mol. The SMILES string of the molecule is C[n+]1ncc(N)cc1Cl. The molecule has 0 aliphatic heterocycles. The Bertz CT molecular complexity index is 223. The molecule has 4 heteroatoms. The van der Waals surface area contributed by atoms with E-state index in [9.17, 15) is 0 Å². The van der Waals surface area contributed by atoms with E-state index in [0.717, 1.165) is 0 Å². The second-order valence-electron chi connectivity index (χ2n) is 1.74. The van der Waals surface area contributed by atoms with Crippen LogP contribution in [-0.4, -0.2) is 5.10 Å². The van der Waals surface area contributed by atoms with Crippen molar-refractivity contribution in [1.29, 1.82) is 0 Å². The molecule has 2 N–H and O–H groups in total. The van der Waals surface area contributed by atoms with E-state index in [1.165, 1.54) is 4.68 Å². The number of hydrogen-bond donors (Lipinski definition) is 1. The summed E-state index contributed by atoms with van der Waals surface area (Å²) < 4.78 is 1.54. The quantitative estimate of drug-likeness (QED) is 0.527. The highest BCUT2D eigenvalue weighted by Gasteiger charge is 2.02. The van der Waals surface area contributed by atoms with Gasteiger partial charge in [0.1, 0.15) is 6.20 Å². The number of aromatic nitrogens is 2. The average Bonchev–Trinajstić information content (AvgIpc) is 1.80. The van der Waals surface area contributed by atoms with Crippen LogP contribution in [0.25, 0.3) is 0 Å². The Morgan fingerprint density at radius 1 is 1.78 bits per heavy atom. The maximum absolute atomic E-state index is 5.63. The summed E-state index contributed by atoms with van der Waals surface area (Å²) in [5.41, 5.74) is 5.95. The summed E-state index contributed by atoms with van der Waals surface area (Å²) in [5, 5.41) is 4.38. The Hall–Kier alpha value is -0.830. The topological polar surface area (TPSA) is 42.8 Å². The van der Waals surface area contributed by atoms with E-state index in [2.05, 4.69) is 5.10 Å². The number of nitrogens with two attached hydrogens (primary N) is 1. The molecule has 9 heavy (non-hydrogen) atoms. The fourth-order valence-corrected chi connectivity index (χ4v) is 0.646. The van der Waals surface area contributed by atoms with Gasteiger partial charge >= 0.3 is 5.15 Å². The third-order valence-corrected chi connectivity index (χ3v) is 1.33. The summed E-state index contributed by atoms with van der Waals surface area (Å²) >= 11 is 5.63. The van der Waals surface area contributed by atoms with Crippen LogP contribution in [0.5, 0.6) is 0 Å². The van der Waals surface area contributed by atoms with Crippen LogP contribution in [0.2, 0.25) is 5.15 Å². The molecule has 0 radical (unpaired) electrons. The molecule has 0 amide bonds. The van der Waals surface area contributed by atoms with E-state index in [4.69, 9.17) is 17.3 Å². The molecule has 0 aliphatic rings. The molecule has 1 aromatic rings. The van der Waals surface area contributed by atoms with Gasteiger partial charge in [-0.3, -0.25) is 0 Å². The van der Waals surface area contributed by atoms with Crippen LogP contribution >= 0.6 is 11.6 Å². The zero-order chi connectivity index (χ0) is 6.85. The predicted octanol–water partition coefficient (Wildman–Crippen LogP) is 0.142. The van der Waals surface area contributed by atoms with E-state index in [1.807, 2.05) is 0 Å². The van der Waals surface area contributed by atoms with Crippen molar-refractivity contribution in [3.05, 3.63) is 17.4 Å². The van der Waals surface area contributed by atoms with Gasteiger partial charge in [-0.2, -0.15) is 0 Å². The van der Waals surface area contributed by atoms with E-state index in [-0.39, 0.29) is 0 Å². The first kappa shape index (κ1) is 6.29. The molecular formula is C5H7ClN3+. The lowest BCUT2D eigenvalue weighted by Crippen LogP contribution is -2.33. The molecule has 3 nitrogen and oxygen atoms in total. The predicted molar refractivity (Wildman–Crippen MR) is 34.8 cm³/mol. The fourth-order valence-electron chi connectivity index (χ4n) is 0.477. The van der Waals surface area contributed by atoms with Crippen LogP contribution in [-0.2, 0) is 7.05 Å². The molecule has 0 unspecified atom stereocenters. The van der Waals surface area contributed by atoms with Gasteiger partial charge < -0.3 is 5.73 Å². The number of nitrogen functional groups attached to an aromatic ring is 1. The summed E-state index contributed by atoms with van der Waals surface area (Å²) in [6.07, 6.45) is 1.55. The molecule has 0 saturated carbocycles. The second-order valence-corrected chi connectivity index (χ2v) is 2.12. The van der Waals surface area contributed by atoms with Crippen molar-refractivity contribution < 1.29 is 4.68 Å². The van der Waals surface area contributed by atoms with E-state index >= 15 is 0 Å². The lowest BCUT2D eigenvalue weighted by atomic mass is 10.5. The number of halogens is 1.